The van der Waals surface area contributed by atoms with Crippen LogP contribution >= 0.6 is 0 Å². The second kappa shape index (κ2) is 8.15. The number of fused-ring (bicyclic) bond motifs is 1. The molecule has 1 heterocycles. The number of hydrogen-bond acceptors (Lipinski definition) is 1. The first-order valence-electron chi connectivity index (χ1n) is 10.3. The number of carbonyl (C=O) groups excluding carboxylic acids is 1. The number of aryl methyl sites for hydroxylation is 1. The molecule has 0 aromatic heterocycles. The topological polar surface area (TPSA) is 29.1 Å². The normalized spacial score (nSPS) is 16.0. The zero-order valence-corrected chi connectivity index (χ0v) is 16.7. The number of amides is 1. The summed E-state index contributed by atoms with van der Waals surface area (Å²) in [6, 6.07) is 23.1. The van der Waals surface area contributed by atoms with Crippen molar-refractivity contribution in [2.75, 3.05) is 25.0 Å². The first kappa shape index (κ1) is 18.7. The highest BCUT2D eigenvalue weighted by atomic mass is 16.2. The number of carbonyl (C=O) groups is 1. The van der Waals surface area contributed by atoms with Gasteiger partial charge in [-0.05, 0) is 37.1 Å². The molecular weight excluding hydrogens is 344 g/mol. The van der Waals surface area contributed by atoms with Crippen molar-refractivity contribution in [3.05, 3.63) is 77.9 Å². The smallest absolute Gasteiger partial charge is 0.279 e. The summed E-state index contributed by atoms with van der Waals surface area (Å²) >= 11 is 0. The Hall–Kier alpha value is -2.65. The number of hydrogen-bond donors (Lipinski definition) is 1. The van der Waals surface area contributed by atoms with Crippen LogP contribution in [0.3, 0.4) is 0 Å². The van der Waals surface area contributed by atoms with E-state index in [4.69, 9.17) is 0 Å². The number of likely N-dealkylation sites (tertiary alicyclic amines) is 1. The molecule has 0 bridgehead atoms. The second-order valence-electron chi connectivity index (χ2n) is 8.18. The predicted octanol–water partition coefficient (Wildman–Crippen LogP) is 5.29. The van der Waals surface area contributed by atoms with Crippen molar-refractivity contribution >= 4 is 22.4 Å². The van der Waals surface area contributed by atoms with Gasteiger partial charge in [-0.1, -0.05) is 66.7 Å². The Bertz CT molecular complexity index is 959. The maximum Gasteiger partial charge on any atom is 0.279 e. The fraction of sp³-hybridized carbons (Fsp3) is 0.320. The number of anilines is 1. The molecule has 0 radical (unpaired) electrons. The van der Waals surface area contributed by atoms with Crippen molar-refractivity contribution in [2.24, 2.45) is 0 Å². The van der Waals surface area contributed by atoms with Gasteiger partial charge >= 0.3 is 0 Å². The Morgan fingerprint density at radius 2 is 1.61 bits per heavy atom. The lowest BCUT2D eigenvalue weighted by molar-refractivity contribution is -0.937. The third-order valence-corrected chi connectivity index (χ3v) is 6.01. The second-order valence-corrected chi connectivity index (χ2v) is 8.18. The number of quaternary nitrogens is 1. The Balaban J connectivity index is 1.56. The summed E-state index contributed by atoms with van der Waals surface area (Å²) in [6.07, 6.45) is 3.68. The van der Waals surface area contributed by atoms with Crippen LogP contribution in [0.2, 0.25) is 0 Å². The third kappa shape index (κ3) is 4.10. The van der Waals surface area contributed by atoms with Gasteiger partial charge in [-0.3, -0.25) is 4.79 Å². The van der Waals surface area contributed by atoms with Crippen molar-refractivity contribution in [1.82, 2.24) is 0 Å². The summed E-state index contributed by atoms with van der Waals surface area (Å²) in [6.45, 7) is 5.70. The van der Waals surface area contributed by atoms with Gasteiger partial charge < -0.3 is 9.80 Å². The highest BCUT2D eigenvalue weighted by Gasteiger charge is 2.33. The Kier molecular flexibility index (Phi) is 5.45. The van der Waals surface area contributed by atoms with Gasteiger partial charge in [0.1, 0.15) is 6.54 Å². The summed E-state index contributed by atoms with van der Waals surface area (Å²) in [7, 11) is 0. The molecule has 3 heteroatoms. The summed E-state index contributed by atoms with van der Waals surface area (Å²) < 4.78 is 0.861. The van der Waals surface area contributed by atoms with Crippen molar-refractivity contribution in [1.29, 1.82) is 0 Å². The molecule has 3 nitrogen and oxygen atoms in total. The van der Waals surface area contributed by atoms with E-state index in [0.29, 0.717) is 6.54 Å². The molecule has 0 unspecified atom stereocenters. The molecule has 144 valence electrons. The predicted molar refractivity (Wildman–Crippen MR) is 116 cm³/mol. The largest absolute Gasteiger partial charge is 0.320 e. The first-order chi connectivity index (χ1) is 13.7. The van der Waals surface area contributed by atoms with Crippen LogP contribution in [0.1, 0.15) is 30.4 Å². The molecule has 1 aliphatic heterocycles. The van der Waals surface area contributed by atoms with Crippen LogP contribution in [0, 0.1) is 6.92 Å². The van der Waals surface area contributed by atoms with Gasteiger partial charge in [0, 0.05) is 10.9 Å². The van der Waals surface area contributed by atoms with Crippen LogP contribution < -0.4 is 5.32 Å². The molecule has 1 saturated heterocycles. The number of benzene rings is 3. The van der Waals surface area contributed by atoms with Crippen molar-refractivity contribution in [3.8, 4) is 0 Å². The highest BCUT2D eigenvalue weighted by Crippen LogP contribution is 2.28. The third-order valence-electron chi connectivity index (χ3n) is 6.01. The average Bonchev–Trinajstić information content (AvgIpc) is 2.71. The molecule has 3 aromatic rings. The fourth-order valence-electron chi connectivity index (χ4n) is 4.56. The van der Waals surface area contributed by atoms with Gasteiger partial charge in [-0.2, -0.15) is 0 Å². The molecule has 0 aliphatic carbocycles. The van der Waals surface area contributed by atoms with Crippen LogP contribution in [0.5, 0.6) is 0 Å². The zero-order valence-electron chi connectivity index (χ0n) is 16.7. The van der Waals surface area contributed by atoms with E-state index in [1.54, 1.807) is 0 Å². The summed E-state index contributed by atoms with van der Waals surface area (Å²) in [5, 5.41) is 5.53. The van der Waals surface area contributed by atoms with Crippen LogP contribution in [-0.2, 0) is 11.3 Å². The molecule has 1 fully saturated rings. The minimum atomic E-state index is 0.122. The maximum atomic E-state index is 13.1. The van der Waals surface area contributed by atoms with E-state index in [1.165, 1.54) is 24.8 Å². The Labute approximate surface area is 167 Å². The minimum Gasteiger partial charge on any atom is -0.320 e. The molecule has 1 N–H and O–H groups in total. The van der Waals surface area contributed by atoms with E-state index in [0.717, 1.165) is 46.1 Å². The van der Waals surface area contributed by atoms with Crippen LogP contribution in [0.4, 0.5) is 5.69 Å². The van der Waals surface area contributed by atoms with Gasteiger partial charge in [-0.25, -0.2) is 0 Å². The lowest BCUT2D eigenvalue weighted by Crippen LogP contribution is -2.54. The standard InChI is InChI=1S/C25H28N2O/c1-20-14-15-22-12-6-7-13-23(22)25(20)26-24(28)19-27(16-8-3-9-17-27)18-21-10-4-2-5-11-21/h2,4-7,10-15H,3,8-9,16-19H2,1H3/p+1. The van der Waals surface area contributed by atoms with Crippen molar-refractivity contribution in [2.45, 2.75) is 32.7 Å². The fourth-order valence-corrected chi connectivity index (χ4v) is 4.56. The maximum absolute atomic E-state index is 13.1. The van der Waals surface area contributed by atoms with Crippen molar-refractivity contribution < 1.29 is 9.28 Å². The lowest BCUT2D eigenvalue weighted by atomic mass is 10.0. The zero-order chi connectivity index (χ0) is 19.4. The molecule has 28 heavy (non-hydrogen) atoms. The average molecular weight is 374 g/mol. The highest BCUT2D eigenvalue weighted by molar-refractivity contribution is 6.03. The van der Waals surface area contributed by atoms with E-state index < -0.39 is 0 Å². The molecule has 1 amide bonds. The number of rotatable bonds is 5. The van der Waals surface area contributed by atoms with Gasteiger partial charge in [0.15, 0.2) is 6.54 Å². The molecular formula is C25H29N2O+. The van der Waals surface area contributed by atoms with Gasteiger partial charge in [0.05, 0.1) is 18.8 Å². The molecule has 0 spiro atoms. The molecule has 0 atom stereocenters. The summed E-state index contributed by atoms with van der Waals surface area (Å²) in [4.78, 5) is 13.1. The monoisotopic (exact) mass is 373 g/mol. The van der Waals surface area contributed by atoms with Gasteiger partial charge in [0.2, 0.25) is 0 Å². The van der Waals surface area contributed by atoms with Crippen LogP contribution in [0.25, 0.3) is 10.8 Å². The van der Waals surface area contributed by atoms with E-state index in [2.05, 4.69) is 66.8 Å². The van der Waals surface area contributed by atoms with E-state index in [9.17, 15) is 4.79 Å². The van der Waals surface area contributed by atoms with Crippen LogP contribution in [-0.4, -0.2) is 30.0 Å². The molecule has 1 aliphatic rings. The van der Waals surface area contributed by atoms with Crippen LogP contribution in [0.15, 0.2) is 66.7 Å². The van der Waals surface area contributed by atoms with Gasteiger partial charge in [0.25, 0.3) is 5.91 Å². The van der Waals surface area contributed by atoms with E-state index >= 15 is 0 Å². The van der Waals surface area contributed by atoms with E-state index in [1.807, 2.05) is 12.1 Å². The molecule has 3 aromatic carbocycles. The van der Waals surface area contributed by atoms with Crippen molar-refractivity contribution in [3.63, 3.8) is 0 Å². The summed E-state index contributed by atoms with van der Waals surface area (Å²) in [5.74, 6) is 0.122. The lowest BCUT2D eigenvalue weighted by Gasteiger charge is -2.41. The molecule has 4 rings (SSSR count). The van der Waals surface area contributed by atoms with E-state index in [-0.39, 0.29) is 5.91 Å². The Morgan fingerprint density at radius 1 is 0.893 bits per heavy atom. The molecule has 0 saturated carbocycles. The SMILES string of the molecule is Cc1ccc2ccccc2c1NC(=O)C[N+]1(Cc2ccccc2)CCCCC1. The summed E-state index contributed by atoms with van der Waals surface area (Å²) in [5.41, 5.74) is 3.39. The number of nitrogens with one attached hydrogen (secondary N) is 1. The number of nitrogens with zero attached hydrogens (tertiary/aromatic N) is 1. The first-order valence-corrected chi connectivity index (χ1v) is 10.3. The Morgan fingerprint density at radius 3 is 2.39 bits per heavy atom. The quantitative estimate of drug-likeness (QED) is 0.605. The minimum absolute atomic E-state index is 0.122. The van der Waals surface area contributed by atoms with Gasteiger partial charge in [-0.15, -0.1) is 0 Å². The number of piperidine rings is 1.